The molecule has 83 heavy (non-hydrogen) atoms. The number of thioether (sulfide) groups is 1. The number of nitrogens with zero attached hydrogens (tertiary/aromatic N) is 2. The quantitative estimate of drug-likeness (QED) is 0.00875. The van der Waals surface area contributed by atoms with Crippen molar-refractivity contribution < 1.29 is 75.9 Å². The molecule has 1 aromatic heterocycles. The second kappa shape index (κ2) is 32.6. The average Bonchev–Trinajstić information content (AvgIpc) is 2.91. The van der Waals surface area contributed by atoms with Crippen LogP contribution in [-0.2, 0) is 59.8 Å². The number of unbranched alkanes of at least 4 members (excludes halogenated alkanes) is 1. The number of amides is 4. The fraction of sp³-hybridized carbons (Fsp3) is 0.333. The molecule has 7 N–H and O–H groups in total. The van der Waals surface area contributed by atoms with Gasteiger partial charge in [-0.2, -0.15) is 8.42 Å². The first-order chi connectivity index (χ1) is 40.1. The fourth-order valence-corrected chi connectivity index (χ4v) is 12.5. The van der Waals surface area contributed by atoms with Gasteiger partial charge in [-0.1, -0.05) is 90.2 Å². The van der Waals surface area contributed by atoms with E-state index >= 15 is 0 Å². The standard InChI is InChI=1S/C32H28N4O4.C25H36N2O11S5/c37-29-25-3-1-4-26(15-25)30(38)34-18-22-9-13-24(14-10-22)20-36-32(40)28-6-2-5-27(16-28)31(39)35-19-23-11-7-21(8-12-23)17-33-29;1-2-3-11-26(14-6-17-43(32,33)34)20-9-7-18(41-20)22-24(28)23(25(22)29)19-8-10-21(42-19)27(12-4-15-39-37-35-30)13-5-16-40-38-36-31/h1-16H,17-20H2,(H,33,37)(H,34,38)(H,35,39)(H,36,40);7-10,18,22H,2-6,11-17H2,1H3,(H3-,28,29,30,31,32,33,34). The number of rotatable bonds is 22. The van der Waals surface area contributed by atoms with E-state index in [2.05, 4.69) is 56.4 Å². The van der Waals surface area contributed by atoms with E-state index in [0.717, 1.165) is 69.2 Å². The zero-order chi connectivity index (χ0) is 59.1. The van der Waals surface area contributed by atoms with Gasteiger partial charge in [-0.25, -0.2) is 15.1 Å². The Morgan fingerprint density at radius 2 is 1.10 bits per heavy atom. The molecule has 2 atom stereocenters. The van der Waals surface area contributed by atoms with Gasteiger partial charge in [0.15, 0.2) is 5.78 Å². The van der Waals surface area contributed by atoms with E-state index in [1.54, 1.807) is 54.6 Å². The fourth-order valence-electron chi connectivity index (χ4n) is 8.88. The number of Topliss-reactive ketones (excluding diaryl/α,β-unsaturated/α-hetero) is 1. The maximum atomic E-state index is 13.3. The number of nitrogens with one attached hydrogen (secondary N) is 4. The Bertz CT molecular complexity index is 3010. The third-order valence-electron chi connectivity index (χ3n) is 13.2. The predicted molar refractivity (Wildman–Crippen MR) is 318 cm³/mol. The molecule has 0 saturated heterocycles. The molecular formula is C57H64N6O15S5. The normalized spacial score (nSPS) is 17.3. The van der Waals surface area contributed by atoms with Crippen molar-refractivity contribution >= 4 is 102 Å². The summed E-state index contributed by atoms with van der Waals surface area (Å²) in [6.45, 7) is 5.75. The van der Waals surface area contributed by atoms with Crippen LogP contribution in [-0.4, -0.2) is 111 Å². The van der Waals surface area contributed by atoms with Crippen LogP contribution >= 0.6 is 47.2 Å². The van der Waals surface area contributed by atoms with Crippen LogP contribution < -0.4 is 31.3 Å². The monoisotopic (exact) mass is 1230 g/mol. The van der Waals surface area contributed by atoms with E-state index in [1.165, 1.54) is 23.1 Å². The Balaban J connectivity index is 0.000000239. The van der Waals surface area contributed by atoms with Crippen LogP contribution in [0.2, 0.25) is 0 Å². The molecule has 5 aliphatic heterocycles. The van der Waals surface area contributed by atoms with Crippen LogP contribution in [0.15, 0.2) is 127 Å². The summed E-state index contributed by atoms with van der Waals surface area (Å²) in [6.07, 6.45) is 7.30. The van der Waals surface area contributed by atoms with Crippen molar-refractivity contribution in [1.82, 2.24) is 21.3 Å². The van der Waals surface area contributed by atoms with Crippen LogP contribution in [0.25, 0.3) is 5.57 Å². The molecule has 26 heteroatoms. The highest BCUT2D eigenvalue weighted by molar-refractivity contribution is 8.15. The zero-order valence-corrected chi connectivity index (χ0v) is 49.3. The van der Waals surface area contributed by atoms with Crippen molar-refractivity contribution in [3.05, 3.63) is 176 Å². The smallest absolute Gasteiger partial charge is 0.265 e. The largest absolute Gasteiger partial charge is 0.874 e. The molecule has 21 nitrogen and oxygen atoms in total. The van der Waals surface area contributed by atoms with Gasteiger partial charge in [-0.05, 0) is 95.4 Å². The number of carbonyl (C=O) groups is 5. The lowest BCUT2D eigenvalue weighted by Crippen LogP contribution is -2.42. The highest BCUT2D eigenvalue weighted by atomic mass is 32.2. The summed E-state index contributed by atoms with van der Waals surface area (Å²) in [6, 6.07) is 31.9. The lowest BCUT2D eigenvalue weighted by atomic mass is 9.79. The predicted octanol–water partition coefficient (Wildman–Crippen LogP) is 7.62. The maximum Gasteiger partial charge on any atom is 0.265 e. The summed E-state index contributed by atoms with van der Waals surface area (Å²) in [4.78, 5) is 67.0. The van der Waals surface area contributed by atoms with Crippen LogP contribution in [0, 0.1) is 5.92 Å². The van der Waals surface area contributed by atoms with E-state index in [0.29, 0.717) is 104 Å². The van der Waals surface area contributed by atoms with Gasteiger partial charge in [0.05, 0.1) is 16.7 Å². The molecular weight excluding hydrogens is 1170 g/mol. The van der Waals surface area contributed by atoms with Gasteiger partial charge in [0, 0.05) is 132 Å². The van der Waals surface area contributed by atoms with E-state index in [-0.39, 0.29) is 58.2 Å². The van der Waals surface area contributed by atoms with E-state index in [4.69, 9.17) is 15.1 Å². The van der Waals surface area contributed by atoms with Crippen molar-refractivity contribution in [2.75, 3.05) is 48.3 Å². The Kier molecular flexibility index (Phi) is 25.2. The summed E-state index contributed by atoms with van der Waals surface area (Å²) in [5.74, 6) is -1.46. The van der Waals surface area contributed by atoms with Crippen molar-refractivity contribution in [3.8, 4) is 0 Å². The molecule has 442 valence electrons. The third-order valence-corrected chi connectivity index (χ3v) is 17.8. The second-order valence-corrected chi connectivity index (χ2v) is 24.5. The van der Waals surface area contributed by atoms with E-state index in [9.17, 15) is 37.5 Å². The van der Waals surface area contributed by atoms with E-state index < -0.39 is 16.0 Å². The van der Waals surface area contributed by atoms with Crippen LogP contribution in [0.5, 0.6) is 0 Å². The number of ketones is 1. The first-order valence-corrected chi connectivity index (χ1v) is 31.7. The number of hydrogen-bond acceptors (Lipinski definition) is 19. The van der Waals surface area contributed by atoms with Gasteiger partial charge >= 0.3 is 0 Å². The molecule has 5 aromatic rings. The molecule has 4 amide bonds. The molecule has 4 aromatic carbocycles. The molecule has 1 aliphatic carbocycles. The minimum Gasteiger partial charge on any atom is -0.874 e. The van der Waals surface area contributed by atoms with Crippen molar-refractivity contribution in [2.24, 2.45) is 5.92 Å². The Labute approximate surface area is 497 Å². The van der Waals surface area contributed by atoms with E-state index in [1.807, 2.05) is 66.7 Å². The molecule has 0 spiro atoms. The number of allylic oxidation sites excluding steroid dienone is 2. The molecule has 11 rings (SSSR count). The number of carbonyl (C=O) groups excluding carboxylic acids is 5. The lowest BCUT2D eigenvalue weighted by molar-refractivity contribution is -0.525. The molecule has 0 saturated carbocycles. The molecule has 2 unspecified atom stereocenters. The topological polar surface area (TPSA) is 295 Å². The third kappa shape index (κ3) is 19.6. The minimum atomic E-state index is -4.04. The maximum absolute atomic E-state index is 13.3. The Morgan fingerprint density at radius 3 is 1.51 bits per heavy atom. The lowest BCUT2D eigenvalue weighted by Gasteiger charge is -2.38. The van der Waals surface area contributed by atoms with Gasteiger partial charge in [0.25, 0.3) is 33.7 Å². The average molecular weight is 1230 g/mol. The second-order valence-electron chi connectivity index (χ2n) is 19.1. The number of thiophene rings is 1. The van der Waals surface area contributed by atoms with Crippen molar-refractivity contribution in [3.63, 3.8) is 0 Å². The first kappa shape index (κ1) is 64.2. The van der Waals surface area contributed by atoms with Gasteiger partial charge < -0.3 is 31.3 Å². The summed E-state index contributed by atoms with van der Waals surface area (Å²) < 4.78 is 42.3. The van der Waals surface area contributed by atoms with Gasteiger partial charge in [-0.3, -0.25) is 28.5 Å². The summed E-state index contributed by atoms with van der Waals surface area (Å²) in [5, 5.41) is 50.1. The zero-order valence-electron chi connectivity index (χ0n) is 45.2. The van der Waals surface area contributed by atoms with Crippen molar-refractivity contribution in [1.29, 1.82) is 0 Å². The number of benzene rings is 4. The highest BCUT2D eigenvalue weighted by Crippen LogP contribution is 2.46. The summed E-state index contributed by atoms with van der Waals surface area (Å²) in [5.41, 5.74) is 5.35. The number of anilines is 1. The molecule has 6 aliphatic rings. The molecule has 8 bridgehead atoms. The Hall–Kier alpha value is -6.40. The van der Waals surface area contributed by atoms with Crippen LogP contribution in [0.3, 0.4) is 0 Å². The van der Waals surface area contributed by atoms with Crippen LogP contribution in [0.1, 0.15) is 108 Å². The minimum absolute atomic E-state index is 0.185. The number of hydrogen-bond donors (Lipinski definition) is 7. The first-order valence-electron chi connectivity index (χ1n) is 26.5. The van der Waals surface area contributed by atoms with Gasteiger partial charge in [0.2, 0.25) is 5.04 Å². The molecule has 0 radical (unpaired) electrons. The molecule has 6 heterocycles. The Morgan fingerprint density at radius 1 is 0.651 bits per heavy atom. The van der Waals surface area contributed by atoms with Gasteiger partial charge in [-0.15, -0.1) is 25.8 Å². The summed E-state index contributed by atoms with van der Waals surface area (Å²) >= 11 is 4.75. The molecule has 0 fully saturated rings. The highest BCUT2D eigenvalue weighted by Gasteiger charge is 2.42. The van der Waals surface area contributed by atoms with Gasteiger partial charge in [0.1, 0.15) is 13.1 Å². The summed E-state index contributed by atoms with van der Waals surface area (Å²) in [7, 11) is -4.04. The van der Waals surface area contributed by atoms with Crippen molar-refractivity contribution in [2.45, 2.75) is 70.5 Å². The van der Waals surface area contributed by atoms with Crippen LogP contribution in [0.4, 0.5) is 5.00 Å². The SMILES string of the molecule is CCCC[N+](CCCS(=O)(=O)O)=C1C=CC(C2C(=O)C(c3ccc(N(CCCSOOO)CCCSOOO)s3)=C2[O-])S1.O=C1NCc2ccc(cc2)CNC(=O)c2cccc(c2)C(=O)NCc2ccc(cc2)CNC(=O)c2cccc1c2.